The second-order valence-corrected chi connectivity index (χ2v) is 6.52. The van der Waals surface area contributed by atoms with Gasteiger partial charge in [0.05, 0.1) is 24.9 Å². The molecule has 0 aromatic rings. The zero-order valence-electron chi connectivity index (χ0n) is 16.3. The van der Waals surface area contributed by atoms with Gasteiger partial charge in [-0.25, -0.2) is 0 Å². The van der Waals surface area contributed by atoms with E-state index in [2.05, 4.69) is 11.9 Å². The Morgan fingerprint density at radius 1 is 1.21 bits per heavy atom. The molecule has 0 spiro atoms. The third-order valence-electron chi connectivity index (χ3n) is 3.34. The van der Waals surface area contributed by atoms with E-state index in [9.17, 15) is 4.79 Å². The quantitative estimate of drug-likeness (QED) is 0.316. The summed E-state index contributed by atoms with van der Waals surface area (Å²) in [5.74, 6) is -0.166. The van der Waals surface area contributed by atoms with Crippen molar-refractivity contribution < 1.29 is 23.7 Å². The van der Waals surface area contributed by atoms with Crippen molar-refractivity contribution in [3.63, 3.8) is 0 Å². The molecule has 1 amide bonds. The summed E-state index contributed by atoms with van der Waals surface area (Å²) in [7, 11) is 0. The smallest absolute Gasteiger partial charge is 0.246 e. The van der Waals surface area contributed by atoms with Crippen LogP contribution in [0.4, 0.5) is 0 Å². The average molecular weight is 345 g/mol. The van der Waals surface area contributed by atoms with E-state index < -0.39 is 5.60 Å². The SMILES string of the molecule is C=C(C)C(=O)NCCOC(C)(C)C(COC(C)OCC)OC(C)C. The first-order valence-corrected chi connectivity index (χ1v) is 8.56. The molecule has 0 aromatic heterocycles. The second-order valence-electron chi connectivity index (χ2n) is 6.52. The van der Waals surface area contributed by atoms with E-state index in [0.29, 0.717) is 31.9 Å². The molecule has 0 aliphatic heterocycles. The molecule has 0 fully saturated rings. The monoisotopic (exact) mass is 345 g/mol. The normalized spacial score (nSPS) is 14.5. The van der Waals surface area contributed by atoms with Crippen LogP contribution in [0, 0.1) is 0 Å². The number of carbonyl (C=O) groups is 1. The Bertz CT molecular complexity index is 382. The summed E-state index contributed by atoms with van der Waals surface area (Å²) in [5.41, 5.74) is -0.0851. The number of hydrogen-bond acceptors (Lipinski definition) is 5. The van der Waals surface area contributed by atoms with E-state index in [1.807, 2.05) is 41.5 Å². The van der Waals surface area contributed by atoms with Gasteiger partial charge in [-0.3, -0.25) is 4.79 Å². The molecule has 142 valence electrons. The molecule has 0 saturated carbocycles. The molecule has 6 nitrogen and oxygen atoms in total. The van der Waals surface area contributed by atoms with Crippen molar-refractivity contribution in [2.45, 2.75) is 72.6 Å². The van der Waals surface area contributed by atoms with Crippen LogP contribution in [0.25, 0.3) is 0 Å². The van der Waals surface area contributed by atoms with Gasteiger partial charge in [0.2, 0.25) is 5.91 Å². The summed E-state index contributed by atoms with van der Waals surface area (Å²) < 4.78 is 23.0. The van der Waals surface area contributed by atoms with Gasteiger partial charge in [0.25, 0.3) is 0 Å². The van der Waals surface area contributed by atoms with Crippen LogP contribution < -0.4 is 5.32 Å². The summed E-state index contributed by atoms with van der Waals surface area (Å²) in [6.45, 7) is 18.7. The van der Waals surface area contributed by atoms with Gasteiger partial charge >= 0.3 is 0 Å². The summed E-state index contributed by atoms with van der Waals surface area (Å²) >= 11 is 0. The lowest BCUT2D eigenvalue weighted by Gasteiger charge is -2.36. The van der Waals surface area contributed by atoms with Crippen molar-refractivity contribution in [3.05, 3.63) is 12.2 Å². The van der Waals surface area contributed by atoms with Crippen LogP contribution in [0.1, 0.15) is 48.5 Å². The van der Waals surface area contributed by atoms with Crippen LogP contribution in [0.5, 0.6) is 0 Å². The molecule has 0 heterocycles. The van der Waals surface area contributed by atoms with E-state index in [-0.39, 0.29) is 24.4 Å². The van der Waals surface area contributed by atoms with E-state index >= 15 is 0 Å². The molecule has 0 bridgehead atoms. The summed E-state index contributed by atoms with van der Waals surface area (Å²) in [5, 5.41) is 2.75. The van der Waals surface area contributed by atoms with Gasteiger partial charge in [-0.1, -0.05) is 6.58 Å². The van der Waals surface area contributed by atoms with Crippen LogP contribution in [0.2, 0.25) is 0 Å². The maximum Gasteiger partial charge on any atom is 0.246 e. The van der Waals surface area contributed by atoms with Crippen molar-refractivity contribution >= 4 is 5.91 Å². The fraction of sp³-hybridized carbons (Fsp3) is 0.833. The minimum atomic E-state index is -0.565. The first-order valence-electron chi connectivity index (χ1n) is 8.56. The largest absolute Gasteiger partial charge is 0.371 e. The fourth-order valence-electron chi connectivity index (χ4n) is 1.96. The minimum Gasteiger partial charge on any atom is -0.371 e. The van der Waals surface area contributed by atoms with Crippen molar-refractivity contribution in [1.29, 1.82) is 0 Å². The zero-order valence-corrected chi connectivity index (χ0v) is 16.3. The Hall–Kier alpha value is -0.950. The second kappa shape index (κ2) is 11.6. The number of amides is 1. The summed E-state index contributed by atoms with van der Waals surface area (Å²) in [6, 6.07) is 0. The number of ether oxygens (including phenoxy) is 4. The zero-order chi connectivity index (χ0) is 18.8. The van der Waals surface area contributed by atoms with Gasteiger partial charge in [-0.05, 0) is 48.5 Å². The highest BCUT2D eigenvalue weighted by atomic mass is 16.7. The average Bonchev–Trinajstić information content (AvgIpc) is 2.47. The van der Waals surface area contributed by atoms with E-state index in [1.165, 1.54) is 0 Å². The molecule has 24 heavy (non-hydrogen) atoms. The predicted molar refractivity (Wildman–Crippen MR) is 94.9 cm³/mol. The maximum absolute atomic E-state index is 11.5. The molecule has 0 aromatic carbocycles. The Kier molecular flexibility index (Phi) is 11.1. The van der Waals surface area contributed by atoms with Gasteiger partial charge in [-0.15, -0.1) is 0 Å². The lowest BCUT2D eigenvalue weighted by atomic mass is 10.0. The van der Waals surface area contributed by atoms with Gasteiger partial charge < -0.3 is 24.3 Å². The van der Waals surface area contributed by atoms with Gasteiger partial charge in [0, 0.05) is 18.7 Å². The molecule has 0 aliphatic carbocycles. The highest BCUT2D eigenvalue weighted by Gasteiger charge is 2.33. The van der Waals surface area contributed by atoms with Crippen LogP contribution in [0.3, 0.4) is 0 Å². The van der Waals surface area contributed by atoms with Crippen molar-refractivity contribution in [1.82, 2.24) is 5.32 Å². The molecular formula is C18H35NO5. The van der Waals surface area contributed by atoms with Crippen LogP contribution in [-0.4, -0.2) is 56.4 Å². The number of hydrogen-bond donors (Lipinski definition) is 1. The lowest BCUT2D eigenvalue weighted by Crippen LogP contribution is -2.47. The highest BCUT2D eigenvalue weighted by molar-refractivity contribution is 5.91. The van der Waals surface area contributed by atoms with Gasteiger partial charge in [0.15, 0.2) is 6.29 Å². The Labute approximate surface area is 146 Å². The van der Waals surface area contributed by atoms with Crippen LogP contribution in [-0.2, 0) is 23.7 Å². The Balaban J connectivity index is 4.49. The first-order chi connectivity index (χ1) is 11.1. The lowest BCUT2D eigenvalue weighted by molar-refractivity contribution is -0.199. The third kappa shape index (κ3) is 10.0. The van der Waals surface area contributed by atoms with Crippen LogP contribution in [0.15, 0.2) is 12.2 Å². The molecule has 0 rings (SSSR count). The third-order valence-corrected chi connectivity index (χ3v) is 3.34. The molecular weight excluding hydrogens is 310 g/mol. The molecule has 0 radical (unpaired) electrons. The number of rotatable bonds is 13. The molecule has 1 N–H and O–H groups in total. The van der Waals surface area contributed by atoms with Gasteiger partial charge in [-0.2, -0.15) is 0 Å². The number of carbonyl (C=O) groups excluding carboxylic acids is 1. The molecule has 0 saturated heterocycles. The topological polar surface area (TPSA) is 66.0 Å². The minimum absolute atomic E-state index is 0.0481. The van der Waals surface area contributed by atoms with E-state index in [1.54, 1.807) is 6.92 Å². The predicted octanol–water partition coefficient (Wildman–Crippen LogP) is 2.67. The standard InChI is InChI=1S/C18H35NO5/c1-9-21-15(6)22-12-16(24-14(4)5)18(7,8)23-11-10-19-17(20)13(2)3/h14-16H,2,9-12H2,1,3-8H3,(H,19,20). The van der Waals surface area contributed by atoms with E-state index in [0.717, 1.165) is 0 Å². The maximum atomic E-state index is 11.5. The van der Waals surface area contributed by atoms with E-state index in [4.69, 9.17) is 18.9 Å². The molecule has 0 aliphatic rings. The Morgan fingerprint density at radius 3 is 2.33 bits per heavy atom. The highest BCUT2D eigenvalue weighted by Crippen LogP contribution is 2.20. The van der Waals surface area contributed by atoms with Crippen molar-refractivity contribution in [3.8, 4) is 0 Å². The first kappa shape index (κ1) is 23.1. The van der Waals surface area contributed by atoms with Crippen molar-refractivity contribution in [2.75, 3.05) is 26.4 Å². The number of nitrogens with one attached hydrogen (secondary N) is 1. The van der Waals surface area contributed by atoms with Crippen molar-refractivity contribution in [2.24, 2.45) is 0 Å². The van der Waals surface area contributed by atoms with Crippen LogP contribution >= 0.6 is 0 Å². The summed E-state index contributed by atoms with van der Waals surface area (Å²) in [4.78, 5) is 11.5. The molecule has 6 heteroatoms. The fourth-order valence-corrected chi connectivity index (χ4v) is 1.96. The Morgan fingerprint density at radius 2 is 1.83 bits per heavy atom. The molecule has 2 atom stereocenters. The summed E-state index contributed by atoms with van der Waals surface area (Å²) in [6.07, 6.45) is -0.497. The van der Waals surface area contributed by atoms with Gasteiger partial charge in [0.1, 0.15) is 6.10 Å². The molecule has 2 unspecified atom stereocenters.